The summed E-state index contributed by atoms with van der Waals surface area (Å²) in [6.45, 7) is 8.34. The van der Waals surface area contributed by atoms with Crippen LogP contribution in [0.15, 0.2) is 6.07 Å². The third-order valence-corrected chi connectivity index (χ3v) is 2.97. The van der Waals surface area contributed by atoms with Gasteiger partial charge in [0.25, 0.3) is 0 Å². The quantitative estimate of drug-likeness (QED) is 0.799. The maximum atomic E-state index is 5.70. The summed E-state index contributed by atoms with van der Waals surface area (Å²) in [4.78, 5) is 10.7. The zero-order valence-corrected chi connectivity index (χ0v) is 10.8. The Bertz CT molecular complexity index is 524. The number of nitrogens with two attached hydrogens (primary N) is 1. The number of anilines is 2. The van der Waals surface area contributed by atoms with E-state index >= 15 is 0 Å². The van der Waals surface area contributed by atoms with Crippen molar-refractivity contribution in [2.45, 2.75) is 33.2 Å². The van der Waals surface area contributed by atoms with Crippen LogP contribution in [0.25, 0.3) is 10.2 Å². The molecular formula is C11H16N4S. The fraction of sp³-hybridized carbons (Fsp3) is 0.455. The Morgan fingerprint density at radius 3 is 2.62 bits per heavy atom. The number of fused-ring (bicyclic) bond motifs is 1. The topological polar surface area (TPSA) is 63.8 Å². The van der Waals surface area contributed by atoms with Crippen molar-refractivity contribution >= 4 is 33.3 Å². The third kappa shape index (κ3) is 2.24. The Kier molecular flexibility index (Phi) is 2.50. The first-order chi connectivity index (χ1) is 7.35. The number of nitrogens with zero attached hydrogens (tertiary/aromatic N) is 2. The van der Waals surface area contributed by atoms with Gasteiger partial charge < -0.3 is 11.1 Å². The molecule has 2 heterocycles. The van der Waals surface area contributed by atoms with Gasteiger partial charge in [-0.15, -0.1) is 11.3 Å². The van der Waals surface area contributed by atoms with Crippen molar-refractivity contribution in [3.8, 4) is 0 Å². The molecule has 0 bridgehead atoms. The average Bonchev–Trinajstić information content (AvgIpc) is 2.42. The van der Waals surface area contributed by atoms with Gasteiger partial charge in [-0.2, -0.15) is 4.98 Å². The lowest BCUT2D eigenvalue weighted by Crippen LogP contribution is -2.27. The second-order valence-electron chi connectivity index (χ2n) is 4.88. The standard InChI is InChI=1S/C11H16N4S/c1-6-5-7-8(15-11(2,3)4)13-10(12)14-9(7)16-6/h5H,1-4H3,(H3,12,13,14,15). The van der Waals surface area contributed by atoms with Crippen molar-refractivity contribution in [1.29, 1.82) is 0 Å². The van der Waals surface area contributed by atoms with Crippen LogP contribution in [0.5, 0.6) is 0 Å². The zero-order valence-electron chi connectivity index (χ0n) is 9.96. The molecule has 0 radical (unpaired) electrons. The number of nitrogen functional groups attached to an aromatic ring is 1. The highest BCUT2D eigenvalue weighted by molar-refractivity contribution is 7.18. The number of nitrogens with one attached hydrogen (secondary N) is 1. The van der Waals surface area contributed by atoms with E-state index < -0.39 is 0 Å². The van der Waals surface area contributed by atoms with Gasteiger partial charge in [0.1, 0.15) is 10.6 Å². The van der Waals surface area contributed by atoms with Gasteiger partial charge in [0.15, 0.2) is 0 Å². The van der Waals surface area contributed by atoms with Gasteiger partial charge in [0.05, 0.1) is 5.39 Å². The first kappa shape index (κ1) is 11.1. The van der Waals surface area contributed by atoms with Crippen molar-refractivity contribution in [3.05, 3.63) is 10.9 Å². The number of rotatable bonds is 1. The van der Waals surface area contributed by atoms with E-state index in [-0.39, 0.29) is 5.54 Å². The Labute approximate surface area is 98.9 Å². The van der Waals surface area contributed by atoms with E-state index in [2.05, 4.69) is 49.0 Å². The van der Waals surface area contributed by atoms with Crippen LogP contribution < -0.4 is 11.1 Å². The molecule has 0 spiro atoms. The van der Waals surface area contributed by atoms with Crippen LogP contribution in [-0.4, -0.2) is 15.5 Å². The van der Waals surface area contributed by atoms with Crippen molar-refractivity contribution in [2.24, 2.45) is 0 Å². The van der Waals surface area contributed by atoms with E-state index in [1.165, 1.54) is 4.88 Å². The molecule has 2 aromatic heterocycles. The van der Waals surface area contributed by atoms with E-state index in [1.807, 2.05) is 0 Å². The highest BCUT2D eigenvalue weighted by Crippen LogP contribution is 2.30. The molecular weight excluding hydrogens is 220 g/mol. The van der Waals surface area contributed by atoms with Crippen molar-refractivity contribution in [1.82, 2.24) is 9.97 Å². The molecule has 0 saturated heterocycles. The molecule has 0 saturated carbocycles. The SMILES string of the molecule is Cc1cc2c(NC(C)(C)C)nc(N)nc2s1. The Balaban J connectivity index is 2.58. The summed E-state index contributed by atoms with van der Waals surface area (Å²) in [5, 5.41) is 4.40. The minimum absolute atomic E-state index is 0.0381. The van der Waals surface area contributed by atoms with Crippen LogP contribution in [0.3, 0.4) is 0 Å². The fourth-order valence-electron chi connectivity index (χ4n) is 1.51. The van der Waals surface area contributed by atoms with Crippen molar-refractivity contribution in [2.75, 3.05) is 11.1 Å². The smallest absolute Gasteiger partial charge is 0.223 e. The van der Waals surface area contributed by atoms with E-state index in [1.54, 1.807) is 11.3 Å². The molecule has 4 nitrogen and oxygen atoms in total. The molecule has 86 valence electrons. The lowest BCUT2D eigenvalue weighted by atomic mass is 10.1. The van der Waals surface area contributed by atoms with Crippen LogP contribution in [0.1, 0.15) is 25.6 Å². The van der Waals surface area contributed by atoms with Crippen LogP contribution >= 0.6 is 11.3 Å². The van der Waals surface area contributed by atoms with E-state index in [0.29, 0.717) is 5.95 Å². The molecule has 0 fully saturated rings. The molecule has 16 heavy (non-hydrogen) atoms. The van der Waals surface area contributed by atoms with Crippen molar-refractivity contribution < 1.29 is 0 Å². The first-order valence-electron chi connectivity index (χ1n) is 5.17. The molecule has 0 aromatic carbocycles. The van der Waals surface area contributed by atoms with Gasteiger partial charge in [-0.25, -0.2) is 4.98 Å². The normalized spacial score (nSPS) is 12.0. The van der Waals surface area contributed by atoms with Gasteiger partial charge in [-0.05, 0) is 33.8 Å². The van der Waals surface area contributed by atoms with Crippen molar-refractivity contribution in [3.63, 3.8) is 0 Å². The summed E-state index contributed by atoms with van der Waals surface area (Å²) in [5.74, 6) is 1.14. The monoisotopic (exact) mass is 236 g/mol. The lowest BCUT2D eigenvalue weighted by Gasteiger charge is -2.21. The Hall–Kier alpha value is -1.36. The molecule has 0 aliphatic rings. The summed E-state index contributed by atoms with van der Waals surface area (Å²) in [6, 6.07) is 2.09. The highest BCUT2D eigenvalue weighted by Gasteiger charge is 2.15. The minimum atomic E-state index is -0.0381. The lowest BCUT2D eigenvalue weighted by molar-refractivity contribution is 0.631. The second-order valence-corrected chi connectivity index (χ2v) is 6.12. The maximum Gasteiger partial charge on any atom is 0.223 e. The average molecular weight is 236 g/mol. The summed E-state index contributed by atoms with van der Waals surface area (Å²) >= 11 is 1.64. The molecule has 0 amide bonds. The molecule has 5 heteroatoms. The Morgan fingerprint density at radius 2 is 2.00 bits per heavy atom. The number of aromatic nitrogens is 2. The molecule has 2 aromatic rings. The predicted octanol–water partition coefficient (Wildman–Crippen LogP) is 2.79. The van der Waals surface area contributed by atoms with Gasteiger partial charge in [-0.3, -0.25) is 0 Å². The fourth-order valence-corrected chi connectivity index (χ4v) is 2.40. The molecule has 0 atom stereocenters. The van der Waals surface area contributed by atoms with Gasteiger partial charge in [-0.1, -0.05) is 0 Å². The molecule has 2 rings (SSSR count). The van der Waals surface area contributed by atoms with E-state index in [9.17, 15) is 0 Å². The first-order valence-corrected chi connectivity index (χ1v) is 5.99. The number of hydrogen-bond donors (Lipinski definition) is 2. The molecule has 0 unspecified atom stereocenters. The van der Waals surface area contributed by atoms with Gasteiger partial charge >= 0.3 is 0 Å². The van der Waals surface area contributed by atoms with E-state index in [0.717, 1.165) is 16.0 Å². The van der Waals surface area contributed by atoms with Crippen LogP contribution in [0.4, 0.5) is 11.8 Å². The zero-order chi connectivity index (χ0) is 11.9. The summed E-state index contributed by atoms with van der Waals surface area (Å²) in [6.07, 6.45) is 0. The number of aryl methyl sites for hydroxylation is 1. The van der Waals surface area contributed by atoms with Crippen LogP contribution in [-0.2, 0) is 0 Å². The number of hydrogen-bond acceptors (Lipinski definition) is 5. The molecule has 0 aliphatic heterocycles. The number of thiophene rings is 1. The summed E-state index contributed by atoms with van der Waals surface area (Å²) < 4.78 is 0. The minimum Gasteiger partial charge on any atom is -0.368 e. The molecule has 0 aliphatic carbocycles. The largest absolute Gasteiger partial charge is 0.368 e. The summed E-state index contributed by atoms with van der Waals surface area (Å²) in [5.41, 5.74) is 5.66. The second kappa shape index (κ2) is 3.59. The highest BCUT2D eigenvalue weighted by atomic mass is 32.1. The Morgan fingerprint density at radius 1 is 1.31 bits per heavy atom. The van der Waals surface area contributed by atoms with Crippen LogP contribution in [0, 0.1) is 6.92 Å². The maximum absolute atomic E-state index is 5.70. The predicted molar refractivity (Wildman–Crippen MR) is 69.9 cm³/mol. The summed E-state index contributed by atoms with van der Waals surface area (Å²) in [7, 11) is 0. The van der Waals surface area contributed by atoms with Gasteiger partial charge in [0, 0.05) is 10.4 Å². The van der Waals surface area contributed by atoms with Gasteiger partial charge in [0.2, 0.25) is 5.95 Å². The third-order valence-electron chi connectivity index (χ3n) is 2.03. The van der Waals surface area contributed by atoms with Crippen LogP contribution in [0.2, 0.25) is 0 Å². The molecule has 3 N–H and O–H groups in total. The van der Waals surface area contributed by atoms with E-state index in [4.69, 9.17) is 5.73 Å².